The van der Waals surface area contributed by atoms with Gasteiger partial charge in [-0.3, -0.25) is 4.79 Å². The standard InChI is InChI=1S/C15H19N3O/c1-18(13-6-2-4-11(8-13)9-16)15(19)14-7-3-5-12(14)10-17/h2,4,6,8,12,14H,3,5,7,10,17H2,1H3. The number of rotatable bonds is 3. The molecule has 1 fully saturated rings. The molecule has 4 heteroatoms. The molecule has 0 radical (unpaired) electrons. The van der Waals surface area contributed by atoms with Gasteiger partial charge < -0.3 is 10.6 Å². The molecule has 1 aliphatic carbocycles. The third-order valence-electron chi connectivity index (χ3n) is 3.97. The minimum absolute atomic E-state index is 0.0285. The van der Waals surface area contributed by atoms with Crippen LogP contribution in [0.15, 0.2) is 24.3 Å². The zero-order valence-corrected chi connectivity index (χ0v) is 11.2. The van der Waals surface area contributed by atoms with Crippen LogP contribution in [0.1, 0.15) is 24.8 Å². The topological polar surface area (TPSA) is 70.1 Å². The minimum Gasteiger partial charge on any atom is -0.330 e. The molecule has 0 spiro atoms. The summed E-state index contributed by atoms with van der Waals surface area (Å²) in [5, 5.41) is 8.90. The first kappa shape index (κ1) is 13.6. The summed E-state index contributed by atoms with van der Waals surface area (Å²) in [5.74, 6) is 0.442. The summed E-state index contributed by atoms with van der Waals surface area (Å²) in [6.45, 7) is 0.572. The Morgan fingerprint density at radius 3 is 3.00 bits per heavy atom. The van der Waals surface area contributed by atoms with Crippen molar-refractivity contribution in [3.8, 4) is 6.07 Å². The summed E-state index contributed by atoms with van der Waals surface area (Å²) >= 11 is 0. The Balaban J connectivity index is 2.16. The first-order valence-electron chi connectivity index (χ1n) is 6.65. The van der Waals surface area contributed by atoms with Gasteiger partial charge >= 0.3 is 0 Å². The van der Waals surface area contributed by atoms with Crippen molar-refractivity contribution in [1.29, 1.82) is 5.26 Å². The van der Waals surface area contributed by atoms with Gasteiger partial charge in [0.25, 0.3) is 0 Å². The Kier molecular flexibility index (Phi) is 4.18. The van der Waals surface area contributed by atoms with E-state index >= 15 is 0 Å². The van der Waals surface area contributed by atoms with E-state index in [1.807, 2.05) is 6.07 Å². The van der Waals surface area contributed by atoms with E-state index in [4.69, 9.17) is 11.0 Å². The fraction of sp³-hybridized carbons (Fsp3) is 0.467. The molecule has 0 heterocycles. The second-order valence-electron chi connectivity index (χ2n) is 5.09. The molecule has 1 aliphatic rings. The molecule has 0 saturated heterocycles. The number of amides is 1. The van der Waals surface area contributed by atoms with Crippen molar-refractivity contribution in [3.63, 3.8) is 0 Å². The highest BCUT2D eigenvalue weighted by molar-refractivity contribution is 5.95. The summed E-state index contributed by atoms with van der Waals surface area (Å²) in [5.41, 5.74) is 7.07. The molecule has 0 bridgehead atoms. The van der Waals surface area contributed by atoms with Crippen LogP contribution in [0.3, 0.4) is 0 Å². The van der Waals surface area contributed by atoms with Crippen molar-refractivity contribution >= 4 is 11.6 Å². The highest BCUT2D eigenvalue weighted by Gasteiger charge is 2.34. The van der Waals surface area contributed by atoms with Crippen LogP contribution in [-0.2, 0) is 4.79 Å². The maximum absolute atomic E-state index is 12.5. The van der Waals surface area contributed by atoms with Crippen LogP contribution >= 0.6 is 0 Å². The van der Waals surface area contributed by atoms with Gasteiger partial charge in [-0.1, -0.05) is 12.5 Å². The molecule has 2 rings (SSSR count). The van der Waals surface area contributed by atoms with E-state index < -0.39 is 0 Å². The van der Waals surface area contributed by atoms with Crippen molar-refractivity contribution < 1.29 is 4.79 Å². The lowest BCUT2D eigenvalue weighted by Gasteiger charge is -2.24. The van der Waals surface area contributed by atoms with E-state index in [1.54, 1.807) is 30.1 Å². The second-order valence-corrected chi connectivity index (χ2v) is 5.09. The minimum atomic E-state index is 0.0285. The van der Waals surface area contributed by atoms with Crippen LogP contribution in [0.25, 0.3) is 0 Å². The van der Waals surface area contributed by atoms with Gasteiger partial charge in [0, 0.05) is 18.7 Å². The van der Waals surface area contributed by atoms with Gasteiger partial charge in [-0.15, -0.1) is 0 Å². The summed E-state index contributed by atoms with van der Waals surface area (Å²) < 4.78 is 0. The molecule has 1 aromatic rings. The van der Waals surface area contributed by atoms with E-state index in [9.17, 15) is 4.79 Å². The molecule has 100 valence electrons. The smallest absolute Gasteiger partial charge is 0.230 e. The first-order chi connectivity index (χ1) is 9.17. The quantitative estimate of drug-likeness (QED) is 0.899. The highest BCUT2D eigenvalue weighted by atomic mass is 16.2. The number of hydrogen-bond acceptors (Lipinski definition) is 3. The van der Waals surface area contributed by atoms with Crippen LogP contribution in [0.2, 0.25) is 0 Å². The van der Waals surface area contributed by atoms with Gasteiger partial charge in [0.2, 0.25) is 5.91 Å². The summed E-state index contributed by atoms with van der Waals surface area (Å²) in [4.78, 5) is 14.2. The second kappa shape index (κ2) is 5.85. The van der Waals surface area contributed by atoms with Crippen LogP contribution in [-0.4, -0.2) is 19.5 Å². The van der Waals surface area contributed by atoms with Crippen molar-refractivity contribution in [3.05, 3.63) is 29.8 Å². The molecule has 0 aliphatic heterocycles. The van der Waals surface area contributed by atoms with Crippen molar-refractivity contribution in [2.24, 2.45) is 17.6 Å². The van der Waals surface area contributed by atoms with Gasteiger partial charge in [0.15, 0.2) is 0 Å². The maximum atomic E-state index is 12.5. The van der Waals surface area contributed by atoms with Crippen LogP contribution in [0.4, 0.5) is 5.69 Å². The Labute approximate surface area is 113 Å². The number of carbonyl (C=O) groups excluding carboxylic acids is 1. The van der Waals surface area contributed by atoms with E-state index in [0.717, 1.165) is 24.9 Å². The lowest BCUT2D eigenvalue weighted by atomic mass is 9.94. The maximum Gasteiger partial charge on any atom is 0.230 e. The number of nitrogens with two attached hydrogens (primary N) is 1. The highest BCUT2D eigenvalue weighted by Crippen LogP contribution is 2.33. The molecular formula is C15H19N3O. The largest absolute Gasteiger partial charge is 0.330 e. The predicted octanol–water partition coefficient (Wildman–Crippen LogP) is 1.90. The van der Waals surface area contributed by atoms with E-state index in [-0.39, 0.29) is 11.8 Å². The molecule has 0 aromatic heterocycles. The van der Waals surface area contributed by atoms with Crippen molar-refractivity contribution in [1.82, 2.24) is 0 Å². The molecular weight excluding hydrogens is 238 g/mol. The van der Waals surface area contributed by atoms with Crippen molar-refractivity contribution in [2.75, 3.05) is 18.5 Å². The molecule has 1 amide bonds. The SMILES string of the molecule is CN(C(=O)C1CCCC1CN)c1cccc(C#N)c1. The van der Waals surface area contributed by atoms with Gasteiger partial charge in [-0.25, -0.2) is 0 Å². The zero-order valence-electron chi connectivity index (χ0n) is 11.2. The molecule has 2 atom stereocenters. The Morgan fingerprint density at radius 1 is 1.53 bits per heavy atom. The van der Waals surface area contributed by atoms with Gasteiger partial charge in [-0.2, -0.15) is 5.26 Å². The number of benzene rings is 1. The number of carbonyl (C=O) groups is 1. The van der Waals surface area contributed by atoms with E-state index in [2.05, 4.69) is 6.07 Å². The number of nitrogens with zero attached hydrogens (tertiary/aromatic N) is 2. The molecule has 2 unspecified atom stereocenters. The zero-order chi connectivity index (χ0) is 13.8. The summed E-state index contributed by atoms with van der Waals surface area (Å²) in [6.07, 6.45) is 3.03. The monoisotopic (exact) mass is 257 g/mol. The van der Waals surface area contributed by atoms with E-state index in [0.29, 0.717) is 18.0 Å². The third kappa shape index (κ3) is 2.77. The summed E-state index contributed by atoms with van der Waals surface area (Å²) in [6, 6.07) is 9.22. The van der Waals surface area contributed by atoms with E-state index in [1.165, 1.54) is 0 Å². The molecule has 19 heavy (non-hydrogen) atoms. The Morgan fingerprint density at radius 2 is 2.32 bits per heavy atom. The molecule has 1 aromatic carbocycles. The number of nitriles is 1. The first-order valence-corrected chi connectivity index (χ1v) is 6.65. The summed E-state index contributed by atoms with van der Waals surface area (Å²) in [7, 11) is 1.77. The van der Waals surface area contributed by atoms with Crippen LogP contribution in [0, 0.1) is 23.2 Å². The normalized spacial score (nSPS) is 21.9. The van der Waals surface area contributed by atoms with Crippen LogP contribution < -0.4 is 10.6 Å². The molecule has 4 nitrogen and oxygen atoms in total. The number of hydrogen-bond donors (Lipinski definition) is 1. The average molecular weight is 257 g/mol. The van der Waals surface area contributed by atoms with Crippen molar-refractivity contribution in [2.45, 2.75) is 19.3 Å². The lowest BCUT2D eigenvalue weighted by molar-refractivity contribution is -0.123. The van der Waals surface area contributed by atoms with Gasteiger partial charge in [-0.05, 0) is 43.5 Å². The number of anilines is 1. The fourth-order valence-corrected chi connectivity index (χ4v) is 2.80. The van der Waals surface area contributed by atoms with Crippen LogP contribution in [0.5, 0.6) is 0 Å². The predicted molar refractivity (Wildman–Crippen MR) is 74.5 cm³/mol. The van der Waals surface area contributed by atoms with Gasteiger partial charge in [0.05, 0.1) is 11.6 Å². The van der Waals surface area contributed by atoms with Gasteiger partial charge in [0.1, 0.15) is 0 Å². The average Bonchev–Trinajstić information content (AvgIpc) is 2.94. The third-order valence-corrected chi connectivity index (χ3v) is 3.97. The lowest BCUT2D eigenvalue weighted by Crippen LogP contribution is -2.36. The fourth-order valence-electron chi connectivity index (χ4n) is 2.80. The molecule has 2 N–H and O–H groups in total. The molecule has 1 saturated carbocycles. The Hall–Kier alpha value is -1.86. The Bertz CT molecular complexity index is 506.